The number of nitrogens with one attached hydrogen (secondary N) is 1. The number of thioether (sulfide) groups is 1. The molecule has 1 aliphatic heterocycles. The molecular weight excluding hydrogens is 248 g/mol. The minimum absolute atomic E-state index is 0.0234. The van der Waals surface area contributed by atoms with Crippen LogP contribution < -0.4 is 5.32 Å². The third-order valence-electron chi connectivity index (χ3n) is 2.23. The molecule has 4 nitrogen and oxygen atoms in total. The van der Waals surface area contributed by atoms with Gasteiger partial charge in [-0.15, -0.1) is 0 Å². The Morgan fingerprint density at radius 1 is 1.56 bits per heavy atom. The topological polar surface area (TPSA) is 59.1 Å². The largest absolute Gasteiger partial charge is 0.341 e. The fourth-order valence-corrected chi connectivity index (χ4v) is 2.42. The van der Waals surface area contributed by atoms with Gasteiger partial charge in [0.15, 0.2) is 0 Å². The molecule has 0 radical (unpaired) electrons. The van der Waals surface area contributed by atoms with Gasteiger partial charge in [0.05, 0.1) is 11.6 Å². The van der Waals surface area contributed by atoms with E-state index in [0.29, 0.717) is 17.1 Å². The van der Waals surface area contributed by atoms with Crippen LogP contribution in [0.5, 0.6) is 0 Å². The Bertz CT molecular complexity index is 421. The van der Waals surface area contributed by atoms with E-state index in [4.69, 9.17) is 11.6 Å². The van der Waals surface area contributed by atoms with Gasteiger partial charge in [-0.25, -0.2) is 4.98 Å². The van der Waals surface area contributed by atoms with Crippen LogP contribution in [0.25, 0.3) is 0 Å². The molecule has 0 aromatic carbocycles. The first-order valence-electron chi connectivity index (χ1n) is 4.76. The molecule has 2 heterocycles. The van der Waals surface area contributed by atoms with Crippen molar-refractivity contribution in [2.45, 2.75) is 12.5 Å². The summed E-state index contributed by atoms with van der Waals surface area (Å²) >= 11 is 6.86. The number of rotatable bonds is 2. The summed E-state index contributed by atoms with van der Waals surface area (Å²) in [6.45, 7) is 0. The second-order valence-electron chi connectivity index (χ2n) is 3.35. The van der Waals surface area contributed by atoms with Gasteiger partial charge in [0.2, 0.25) is 5.12 Å². The fraction of sp³-hybridized carbons (Fsp3) is 0.300. The first-order chi connectivity index (χ1) is 7.66. The molecule has 0 bridgehead atoms. The standard InChI is InChI=1S/C10H9ClN2O2S/c11-8-2-1-6(5-12-8)9(14)13-7-3-4-16-10(7)15/h1-2,5,7H,3-4H2,(H,13,14). The molecule has 1 amide bonds. The summed E-state index contributed by atoms with van der Waals surface area (Å²) < 4.78 is 0. The van der Waals surface area contributed by atoms with Crippen LogP contribution >= 0.6 is 23.4 Å². The highest BCUT2D eigenvalue weighted by atomic mass is 35.5. The van der Waals surface area contributed by atoms with Crippen LogP contribution in [0.15, 0.2) is 18.3 Å². The normalized spacial score (nSPS) is 19.8. The van der Waals surface area contributed by atoms with Gasteiger partial charge < -0.3 is 5.32 Å². The highest BCUT2D eigenvalue weighted by Crippen LogP contribution is 2.19. The molecule has 0 saturated carbocycles. The van der Waals surface area contributed by atoms with Crippen molar-refractivity contribution in [3.05, 3.63) is 29.0 Å². The van der Waals surface area contributed by atoms with Crippen molar-refractivity contribution < 1.29 is 9.59 Å². The number of carbonyl (C=O) groups excluding carboxylic acids is 2. The zero-order chi connectivity index (χ0) is 11.5. The van der Waals surface area contributed by atoms with Gasteiger partial charge in [-0.1, -0.05) is 23.4 Å². The first kappa shape index (κ1) is 11.4. The van der Waals surface area contributed by atoms with Crippen LogP contribution in [0.3, 0.4) is 0 Å². The average molecular weight is 257 g/mol. The lowest BCUT2D eigenvalue weighted by Gasteiger charge is -2.09. The predicted octanol–water partition coefficient (Wildman–Crippen LogP) is 1.50. The summed E-state index contributed by atoms with van der Waals surface area (Å²) in [5.41, 5.74) is 0.411. The average Bonchev–Trinajstić information content (AvgIpc) is 2.65. The van der Waals surface area contributed by atoms with Gasteiger partial charge in [0, 0.05) is 11.9 Å². The Morgan fingerprint density at radius 3 is 2.94 bits per heavy atom. The highest BCUT2D eigenvalue weighted by molar-refractivity contribution is 8.14. The fourth-order valence-electron chi connectivity index (χ4n) is 1.38. The third kappa shape index (κ3) is 2.54. The van der Waals surface area contributed by atoms with Gasteiger partial charge in [0.1, 0.15) is 5.15 Å². The summed E-state index contributed by atoms with van der Waals surface area (Å²) in [6.07, 6.45) is 2.08. The molecule has 0 spiro atoms. The van der Waals surface area contributed by atoms with Crippen molar-refractivity contribution >= 4 is 34.4 Å². The van der Waals surface area contributed by atoms with Gasteiger partial charge >= 0.3 is 0 Å². The smallest absolute Gasteiger partial charge is 0.253 e. The van der Waals surface area contributed by atoms with Crippen LogP contribution in [0.4, 0.5) is 0 Å². The maximum absolute atomic E-state index is 11.7. The summed E-state index contributed by atoms with van der Waals surface area (Å²) in [5.74, 6) is 0.479. The maximum atomic E-state index is 11.7. The van der Waals surface area contributed by atoms with Crippen molar-refractivity contribution in [3.63, 3.8) is 0 Å². The van der Waals surface area contributed by atoms with Gasteiger partial charge in [-0.05, 0) is 18.6 Å². The van der Waals surface area contributed by atoms with E-state index >= 15 is 0 Å². The van der Waals surface area contributed by atoms with Crippen molar-refractivity contribution in [3.8, 4) is 0 Å². The van der Waals surface area contributed by atoms with Gasteiger partial charge in [-0.2, -0.15) is 0 Å². The number of halogens is 1. The second-order valence-corrected chi connectivity index (χ2v) is 4.84. The van der Waals surface area contributed by atoms with E-state index in [-0.39, 0.29) is 17.1 Å². The molecule has 1 aromatic heterocycles. The van der Waals surface area contributed by atoms with Crippen LogP contribution in [-0.2, 0) is 4.79 Å². The molecule has 16 heavy (non-hydrogen) atoms. The van der Waals surface area contributed by atoms with Crippen LogP contribution in [-0.4, -0.2) is 27.8 Å². The lowest BCUT2D eigenvalue weighted by atomic mass is 10.2. The summed E-state index contributed by atoms with van der Waals surface area (Å²) in [4.78, 5) is 26.8. The predicted molar refractivity (Wildman–Crippen MR) is 62.6 cm³/mol. The van der Waals surface area contributed by atoms with Crippen LogP contribution in [0.1, 0.15) is 16.8 Å². The number of pyridine rings is 1. The molecular formula is C10H9ClN2O2S. The number of hydrogen-bond donors (Lipinski definition) is 1. The quantitative estimate of drug-likeness (QED) is 0.815. The SMILES string of the molecule is O=C(NC1CCSC1=O)c1ccc(Cl)nc1. The number of carbonyl (C=O) groups is 2. The number of nitrogens with zero attached hydrogens (tertiary/aromatic N) is 1. The van der Waals surface area contributed by atoms with E-state index in [2.05, 4.69) is 10.3 Å². The molecule has 1 fully saturated rings. The molecule has 1 unspecified atom stereocenters. The molecule has 1 atom stereocenters. The van der Waals surface area contributed by atoms with Gasteiger partial charge in [-0.3, -0.25) is 9.59 Å². The van der Waals surface area contributed by atoms with Crippen molar-refractivity contribution in [1.82, 2.24) is 10.3 Å². The summed E-state index contributed by atoms with van der Waals surface area (Å²) in [6, 6.07) is 2.76. The van der Waals surface area contributed by atoms with Crippen LogP contribution in [0, 0.1) is 0 Å². The van der Waals surface area contributed by atoms with Crippen molar-refractivity contribution in [2.75, 3.05) is 5.75 Å². The van der Waals surface area contributed by atoms with Crippen molar-refractivity contribution in [2.24, 2.45) is 0 Å². The molecule has 6 heteroatoms. The molecule has 1 saturated heterocycles. The molecule has 0 aliphatic carbocycles. The minimum Gasteiger partial charge on any atom is -0.341 e. The number of hydrogen-bond acceptors (Lipinski definition) is 4. The zero-order valence-corrected chi connectivity index (χ0v) is 9.85. The molecule has 1 N–H and O–H groups in total. The van der Waals surface area contributed by atoms with E-state index in [9.17, 15) is 9.59 Å². The van der Waals surface area contributed by atoms with Crippen LogP contribution in [0.2, 0.25) is 5.15 Å². The Hall–Kier alpha value is -1.07. The third-order valence-corrected chi connectivity index (χ3v) is 3.46. The first-order valence-corrected chi connectivity index (χ1v) is 6.12. The molecule has 2 rings (SSSR count). The lowest BCUT2D eigenvalue weighted by Crippen LogP contribution is -2.37. The Kier molecular flexibility index (Phi) is 3.46. The minimum atomic E-state index is -0.367. The Morgan fingerprint density at radius 2 is 2.38 bits per heavy atom. The van der Waals surface area contributed by atoms with Gasteiger partial charge in [0.25, 0.3) is 5.91 Å². The zero-order valence-electron chi connectivity index (χ0n) is 8.27. The maximum Gasteiger partial charge on any atom is 0.253 e. The van der Waals surface area contributed by atoms with E-state index in [1.54, 1.807) is 12.1 Å². The summed E-state index contributed by atoms with van der Waals surface area (Å²) in [7, 11) is 0. The number of aromatic nitrogens is 1. The second kappa shape index (κ2) is 4.84. The monoisotopic (exact) mass is 256 g/mol. The highest BCUT2D eigenvalue weighted by Gasteiger charge is 2.26. The van der Waals surface area contributed by atoms with E-state index < -0.39 is 0 Å². The summed E-state index contributed by atoms with van der Waals surface area (Å²) in [5, 5.41) is 3.03. The Balaban J connectivity index is 2.02. The molecule has 1 aromatic rings. The Labute approximate surface area is 102 Å². The van der Waals surface area contributed by atoms with E-state index in [0.717, 1.165) is 5.75 Å². The molecule has 84 valence electrons. The molecule has 1 aliphatic rings. The lowest BCUT2D eigenvalue weighted by molar-refractivity contribution is -0.112. The van der Waals surface area contributed by atoms with E-state index in [1.165, 1.54) is 18.0 Å². The van der Waals surface area contributed by atoms with Crippen molar-refractivity contribution in [1.29, 1.82) is 0 Å². The number of amides is 1. The van der Waals surface area contributed by atoms with E-state index in [1.807, 2.05) is 0 Å².